The fourth-order valence-electron chi connectivity index (χ4n) is 2.47. The van der Waals surface area contributed by atoms with Gasteiger partial charge in [0.15, 0.2) is 0 Å². The van der Waals surface area contributed by atoms with Crippen LogP contribution in [0.1, 0.15) is 16.8 Å². The normalized spacial score (nSPS) is 11.2. The zero-order chi connectivity index (χ0) is 15.7. The molecule has 1 amide bonds. The van der Waals surface area contributed by atoms with Crippen LogP contribution in [0.4, 0.5) is 10.2 Å². The molecule has 0 radical (unpaired) electrons. The third kappa shape index (κ3) is 2.35. The molecule has 0 atom stereocenters. The van der Waals surface area contributed by atoms with E-state index in [1.807, 2.05) is 0 Å². The van der Waals surface area contributed by atoms with E-state index in [0.717, 1.165) is 10.9 Å². The summed E-state index contributed by atoms with van der Waals surface area (Å²) in [5.74, 6) is -0.569. The number of carbonyl (C=O) groups is 1. The number of carbonyl (C=O) groups excluding carboxylic acids is 1. The van der Waals surface area contributed by atoms with Crippen molar-refractivity contribution in [1.82, 2.24) is 9.97 Å². The quantitative estimate of drug-likeness (QED) is 0.627. The van der Waals surface area contributed by atoms with Crippen molar-refractivity contribution in [3.63, 3.8) is 0 Å². The minimum Gasteiger partial charge on any atom is -0.396 e. The number of pyridine rings is 1. The molecule has 22 heavy (non-hydrogen) atoms. The lowest BCUT2D eigenvalue weighted by molar-refractivity contribution is 0.100. The van der Waals surface area contributed by atoms with Crippen LogP contribution in [-0.4, -0.2) is 34.1 Å². The number of amides is 1. The summed E-state index contributed by atoms with van der Waals surface area (Å²) in [4.78, 5) is 18.6. The first-order valence-corrected chi connectivity index (χ1v) is 6.85. The van der Waals surface area contributed by atoms with Crippen LogP contribution in [0.15, 0.2) is 30.6 Å². The average molecular weight is 302 g/mol. The van der Waals surface area contributed by atoms with Crippen LogP contribution in [0.2, 0.25) is 0 Å². The molecule has 3 aromatic rings. The van der Waals surface area contributed by atoms with Crippen molar-refractivity contribution in [2.45, 2.75) is 6.42 Å². The molecular weight excluding hydrogens is 287 g/mol. The molecule has 4 N–H and O–H groups in total. The molecule has 1 aromatic carbocycles. The first kappa shape index (κ1) is 14.3. The topological polar surface area (TPSA) is 95.2 Å². The molecule has 3 rings (SSSR count). The number of fused-ring (bicyclic) bond motifs is 3. The second-order valence-corrected chi connectivity index (χ2v) is 4.99. The van der Waals surface area contributed by atoms with Crippen LogP contribution in [0.25, 0.3) is 21.8 Å². The fourth-order valence-corrected chi connectivity index (χ4v) is 2.47. The Labute approximate surface area is 125 Å². The maximum absolute atomic E-state index is 14.0. The minimum atomic E-state index is -0.569. The van der Waals surface area contributed by atoms with Gasteiger partial charge in [0.2, 0.25) is 0 Å². The van der Waals surface area contributed by atoms with Gasteiger partial charge in [-0.1, -0.05) is 4.48 Å². The molecule has 7 heteroatoms. The number of aromatic nitrogens is 2. The van der Waals surface area contributed by atoms with E-state index in [1.165, 1.54) is 6.20 Å². The highest BCUT2D eigenvalue weighted by molar-refractivity contribution is 6.14. The highest BCUT2D eigenvalue weighted by atomic mass is 19.2. The Morgan fingerprint density at radius 2 is 2.18 bits per heavy atom. The smallest absolute Gasteiger partial charge is 0.252 e. The largest absolute Gasteiger partial charge is 0.396 e. The Kier molecular flexibility index (Phi) is 3.64. The van der Waals surface area contributed by atoms with E-state index in [2.05, 4.69) is 9.97 Å². The van der Waals surface area contributed by atoms with Crippen LogP contribution in [0, 0.1) is 0 Å². The number of nitrogens with two attached hydrogens (primary N) is 1. The summed E-state index contributed by atoms with van der Waals surface area (Å²) in [5.41, 5.74) is 7.38. The van der Waals surface area contributed by atoms with Gasteiger partial charge >= 0.3 is 0 Å². The van der Waals surface area contributed by atoms with Crippen molar-refractivity contribution in [3.8, 4) is 0 Å². The first-order chi connectivity index (χ1) is 10.6. The zero-order valence-electron chi connectivity index (χ0n) is 11.7. The first-order valence-electron chi connectivity index (χ1n) is 6.85. The number of aliphatic hydroxyl groups is 1. The average Bonchev–Trinajstić information content (AvgIpc) is 2.90. The number of nitrogens with one attached hydrogen (secondary N) is 1. The van der Waals surface area contributed by atoms with Crippen LogP contribution >= 0.6 is 0 Å². The number of nitrogens with zero attached hydrogens (tertiary/aromatic N) is 2. The number of aliphatic hydroxyl groups excluding tert-OH is 1. The van der Waals surface area contributed by atoms with Crippen molar-refractivity contribution in [2.75, 3.05) is 18.3 Å². The van der Waals surface area contributed by atoms with Crippen LogP contribution in [-0.2, 0) is 0 Å². The van der Waals surface area contributed by atoms with Gasteiger partial charge in [-0.25, -0.2) is 5.12 Å². The standard InChI is InChI=1S/C15H15FN4O2/c16-20(4-1-5-21)9-2-3-13-10(6-9)11-7-18-8-12(15(17)22)14(11)19-13/h2-3,6-8,19,21H,1,4-5H2,(H2,17,22). The number of rotatable bonds is 5. The molecule has 0 saturated carbocycles. The predicted octanol–water partition coefficient (Wildman–Crippen LogP) is 1.89. The second kappa shape index (κ2) is 5.61. The SMILES string of the molecule is NC(=O)c1cncc2c1[nH]c1ccc(N(F)CCCO)cc12. The lowest BCUT2D eigenvalue weighted by atomic mass is 10.1. The maximum atomic E-state index is 14.0. The molecule has 0 aliphatic carbocycles. The van der Waals surface area contributed by atoms with Gasteiger partial charge in [0.1, 0.15) is 0 Å². The summed E-state index contributed by atoms with van der Waals surface area (Å²) >= 11 is 0. The molecule has 0 spiro atoms. The molecule has 0 aliphatic rings. The number of benzene rings is 1. The van der Waals surface area contributed by atoms with Crippen LogP contribution < -0.4 is 10.9 Å². The van der Waals surface area contributed by atoms with E-state index >= 15 is 0 Å². The van der Waals surface area contributed by atoms with E-state index in [-0.39, 0.29) is 13.2 Å². The van der Waals surface area contributed by atoms with Crippen molar-refractivity contribution in [1.29, 1.82) is 0 Å². The molecule has 2 heterocycles. The van der Waals surface area contributed by atoms with Gasteiger partial charge < -0.3 is 15.8 Å². The van der Waals surface area contributed by atoms with Gasteiger partial charge in [-0.05, 0) is 24.6 Å². The maximum Gasteiger partial charge on any atom is 0.252 e. The number of primary amides is 1. The monoisotopic (exact) mass is 302 g/mol. The van der Waals surface area contributed by atoms with Crippen LogP contribution in [0.5, 0.6) is 0 Å². The fraction of sp³-hybridized carbons (Fsp3) is 0.200. The molecule has 0 fully saturated rings. The van der Waals surface area contributed by atoms with Crippen molar-refractivity contribution in [2.24, 2.45) is 5.73 Å². The van der Waals surface area contributed by atoms with Crippen LogP contribution in [0.3, 0.4) is 0 Å². The highest BCUT2D eigenvalue weighted by Crippen LogP contribution is 2.30. The summed E-state index contributed by atoms with van der Waals surface area (Å²) in [6, 6.07) is 5.05. The minimum absolute atomic E-state index is 0.0678. The number of H-pyrrole nitrogens is 1. The summed E-state index contributed by atoms with van der Waals surface area (Å²) in [7, 11) is 0. The van der Waals surface area contributed by atoms with E-state index < -0.39 is 5.91 Å². The predicted molar refractivity (Wildman–Crippen MR) is 82.3 cm³/mol. The second-order valence-electron chi connectivity index (χ2n) is 4.99. The summed E-state index contributed by atoms with van der Waals surface area (Å²) in [6.07, 6.45) is 3.36. The third-order valence-corrected chi connectivity index (χ3v) is 3.56. The number of anilines is 1. The lowest BCUT2D eigenvalue weighted by Crippen LogP contribution is -2.14. The van der Waals surface area contributed by atoms with E-state index in [0.29, 0.717) is 33.7 Å². The molecule has 2 aromatic heterocycles. The van der Waals surface area contributed by atoms with E-state index in [9.17, 15) is 9.28 Å². The molecule has 114 valence electrons. The van der Waals surface area contributed by atoms with Gasteiger partial charge in [-0.15, -0.1) is 0 Å². The lowest BCUT2D eigenvalue weighted by Gasteiger charge is -2.13. The summed E-state index contributed by atoms with van der Waals surface area (Å²) in [6.45, 7) is 0.0385. The molecule has 0 aliphatic heterocycles. The van der Waals surface area contributed by atoms with Gasteiger partial charge in [0.05, 0.1) is 23.3 Å². The zero-order valence-corrected chi connectivity index (χ0v) is 11.7. The Balaban J connectivity index is 2.13. The Bertz CT molecular complexity index is 846. The molecule has 0 saturated heterocycles. The Morgan fingerprint density at radius 1 is 1.36 bits per heavy atom. The van der Waals surface area contributed by atoms with Gasteiger partial charge in [0, 0.05) is 35.3 Å². The third-order valence-electron chi connectivity index (χ3n) is 3.56. The molecule has 0 unspecified atom stereocenters. The molecular formula is C15H15FN4O2. The Hall–Kier alpha value is -2.67. The number of aromatic amines is 1. The highest BCUT2D eigenvalue weighted by Gasteiger charge is 2.14. The summed E-state index contributed by atoms with van der Waals surface area (Å²) in [5, 5.41) is 10.8. The Morgan fingerprint density at radius 3 is 2.91 bits per heavy atom. The van der Waals surface area contributed by atoms with Crippen molar-refractivity contribution < 1.29 is 14.4 Å². The number of hydrogen-bond acceptors (Lipinski definition) is 4. The number of hydrogen-bond donors (Lipinski definition) is 3. The van der Waals surface area contributed by atoms with E-state index in [4.69, 9.17) is 10.8 Å². The van der Waals surface area contributed by atoms with Crippen molar-refractivity contribution >= 4 is 33.4 Å². The van der Waals surface area contributed by atoms with Gasteiger partial charge in [-0.3, -0.25) is 9.78 Å². The number of halogens is 1. The molecule has 0 bridgehead atoms. The van der Waals surface area contributed by atoms with Gasteiger partial charge in [0.25, 0.3) is 5.91 Å². The van der Waals surface area contributed by atoms with Crippen molar-refractivity contribution in [3.05, 3.63) is 36.2 Å². The van der Waals surface area contributed by atoms with Gasteiger partial charge in [-0.2, -0.15) is 0 Å². The molecule has 6 nitrogen and oxygen atoms in total. The van der Waals surface area contributed by atoms with E-state index in [1.54, 1.807) is 24.4 Å². The summed E-state index contributed by atoms with van der Waals surface area (Å²) < 4.78 is 14.0.